The van der Waals surface area contributed by atoms with Gasteiger partial charge in [-0.05, 0) is 42.0 Å². The van der Waals surface area contributed by atoms with Gasteiger partial charge < -0.3 is 15.4 Å². The molecular weight excluding hydrogens is 424 g/mol. The van der Waals surface area contributed by atoms with Gasteiger partial charge in [0.05, 0.1) is 12.7 Å². The topological polar surface area (TPSA) is 84.9 Å². The zero-order valence-corrected chi connectivity index (χ0v) is 18.2. The number of methoxy groups -OCH3 is 1. The van der Waals surface area contributed by atoms with Crippen LogP contribution in [0.3, 0.4) is 0 Å². The number of aromatic nitrogens is 4. The van der Waals surface area contributed by atoms with Gasteiger partial charge in [0.1, 0.15) is 17.9 Å². The quantitative estimate of drug-likeness (QED) is 0.342. The summed E-state index contributed by atoms with van der Waals surface area (Å²) in [6.45, 7) is 4.32. The van der Waals surface area contributed by atoms with Crippen molar-refractivity contribution in [3.05, 3.63) is 84.8 Å². The lowest BCUT2D eigenvalue weighted by Crippen LogP contribution is -2.05. The summed E-state index contributed by atoms with van der Waals surface area (Å²) in [5.74, 6) is 2.30. The first-order valence-corrected chi connectivity index (χ1v) is 10.3. The molecule has 0 aliphatic carbocycles. The minimum atomic E-state index is 0.402. The number of benzene rings is 2. The van der Waals surface area contributed by atoms with E-state index in [1.165, 1.54) is 6.33 Å². The van der Waals surface area contributed by atoms with Gasteiger partial charge in [0.25, 0.3) is 0 Å². The van der Waals surface area contributed by atoms with E-state index in [1.54, 1.807) is 31.5 Å². The molecular formula is C24H21ClN6O. The van der Waals surface area contributed by atoms with Crippen LogP contribution in [0.1, 0.15) is 0 Å². The van der Waals surface area contributed by atoms with Gasteiger partial charge in [0.2, 0.25) is 5.95 Å². The van der Waals surface area contributed by atoms with Gasteiger partial charge in [-0.3, -0.25) is 0 Å². The fraction of sp³-hybridized carbons (Fsp3) is 0.0833. The van der Waals surface area contributed by atoms with Crippen LogP contribution < -0.4 is 15.4 Å². The molecule has 0 saturated heterocycles. The van der Waals surface area contributed by atoms with Gasteiger partial charge in [0.15, 0.2) is 5.82 Å². The highest BCUT2D eigenvalue weighted by molar-refractivity contribution is 6.30. The lowest BCUT2D eigenvalue weighted by Gasteiger charge is -2.12. The smallest absolute Gasteiger partial charge is 0.230 e. The van der Waals surface area contributed by atoms with Gasteiger partial charge >= 0.3 is 0 Å². The molecule has 8 heteroatoms. The first-order chi connectivity index (χ1) is 15.7. The summed E-state index contributed by atoms with van der Waals surface area (Å²) in [4.78, 5) is 17.8. The lowest BCUT2D eigenvalue weighted by atomic mass is 10.0. The summed E-state index contributed by atoms with van der Waals surface area (Å²) >= 11 is 6.08. The average molecular weight is 445 g/mol. The van der Waals surface area contributed by atoms with Crippen LogP contribution in [0.2, 0.25) is 5.02 Å². The molecule has 0 atom stereocenters. The molecule has 7 nitrogen and oxygen atoms in total. The molecule has 2 heterocycles. The number of rotatable bonds is 8. The van der Waals surface area contributed by atoms with Crippen molar-refractivity contribution < 1.29 is 4.74 Å². The van der Waals surface area contributed by atoms with E-state index < -0.39 is 0 Å². The largest absolute Gasteiger partial charge is 0.497 e. The zero-order chi connectivity index (χ0) is 22.3. The fourth-order valence-electron chi connectivity index (χ4n) is 3.09. The van der Waals surface area contributed by atoms with Crippen molar-refractivity contribution in [1.29, 1.82) is 0 Å². The van der Waals surface area contributed by atoms with Crippen LogP contribution in [-0.2, 0) is 0 Å². The first kappa shape index (κ1) is 21.3. The molecule has 0 unspecified atom stereocenters. The third-order valence-corrected chi connectivity index (χ3v) is 4.83. The third-order valence-electron chi connectivity index (χ3n) is 4.60. The summed E-state index contributed by atoms with van der Waals surface area (Å²) in [5.41, 5.74) is 3.40. The molecule has 32 heavy (non-hydrogen) atoms. The molecule has 2 N–H and O–H groups in total. The first-order valence-electron chi connectivity index (χ1n) is 9.87. The lowest BCUT2D eigenvalue weighted by molar-refractivity contribution is 0.415. The van der Waals surface area contributed by atoms with Crippen LogP contribution in [0, 0.1) is 0 Å². The maximum atomic E-state index is 6.08. The molecule has 2 aromatic heterocycles. The number of halogens is 1. The van der Waals surface area contributed by atoms with Crippen molar-refractivity contribution in [2.75, 3.05) is 24.3 Å². The number of anilines is 3. The summed E-state index contributed by atoms with van der Waals surface area (Å²) in [6.07, 6.45) is 5.03. The number of nitrogens with one attached hydrogen (secondary N) is 2. The van der Waals surface area contributed by atoms with Crippen molar-refractivity contribution in [2.24, 2.45) is 0 Å². The predicted octanol–water partition coefficient (Wildman–Crippen LogP) is 5.60. The molecule has 0 amide bonds. The molecule has 0 saturated carbocycles. The van der Waals surface area contributed by atoms with E-state index in [9.17, 15) is 0 Å². The monoisotopic (exact) mass is 444 g/mol. The van der Waals surface area contributed by atoms with Crippen LogP contribution in [-0.4, -0.2) is 33.6 Å². The van der Waals surface area contributed by atoms with E-state index in [4.69, 9.17) is 16.3 Å². The Morgan fingerprint density at radius 2 is 1.91 bits per heavy atom. The molecule has 0 bridgehead atoms. The minimum Gasteiger partial charge on any atom is -0.497 e. The van der Waals surface area contributed by atoms with Crippen molar-refractivity contribution >= 4 is 29.1 Å². The number of nitrogens with zero attached hydrogens (tertiary/aromatic N) is 4. The summed E-state index contributed by atoms with van der Waals surface area (Å²) in [5, 5.41) is 7.03. The third kappa shape index (κ3) is 5.01. The Morgan fingerprint density at radius 1 is 1.03 bits per heavy atom. The molecule has 0 spiro atoms. The van der Waals surface area contributed by atoms with Gasteiger partial charge in [-0.15, -0.1) is 6.58 Å². The van der Waals surface area contributed by atoms with E-state index >= 15 is 0 Å². The number of hydrogen-bond acceptors (Lipinski definition) is 7. The number of pyridine rings is 1. The Kier molecular flexibility index (Phi) is 6.57. The summed E-state index contributed by atoms with van der Waals surface area (Å²) in [6, 6.07) is 17.1. The van der Waals surface area contributed by atoms with Gasteiger partial charge in [-0.25, -0.2) is 15.0 Å². The molecule has 160 valence electrons. The average Bonchev–Trinajstić information content (AvgIpc) is 2.83. The van der Waals surface area contributed by atoms with E-state index in [2.05, 4.69) is 37.1 Å². The molecule has 0 aliphatic heterocycles. The fourth-order valence-corrected chi connectivity index (χ4v) is 3.28. The highest BCUT2D eigenvalue weighted by Gasteiger charge is 2.13. The van der Waals surface area contributed by atoms with Crippen molar-refractivity contribution in [2.45, 2.75) is 0 Å². The molecule has 4 aromatic rings. The van der Waals surface area contributed by atoms with Crippen LogP contribution in [0.4, 0.5) is 17.5 Å². The zero-order valence-electron chi connectivity index (χ0n) is 17.4. The van der Waals surface area contributed by atoms with Gasteiger partial charge in [-0.1, -0.05) is 35.9 Å². The molecule has 2 aromatic carbocycles. The maximum Gasteiger partial charge on any atom is 0.230 e. The Bertz CT molecular complexity index is 1250. The Morgan fingerprint density at radius 3 is 2.72 bits per heavy atom. The Hall–Kier alpha value is -3.97. The van der Waals surface area contributed by atoms with E-state index in [1.807, 2.05) is 42.5 Å². The van der Waals surface area contributed by atoms with Gasteiger partial charge in [0, 0.05) is 29.0 Å². The minimum absolute atomic E-state index is 0.402. The second-order valence-corrected chi connectivity index (χ2v) is 7.23. The highest BCUT2D eigenvalue weighted by Crippen LogP contribution is 2.31. The predicted molar refractivity (Wildman–Crippen MR) is 128 cm³/mol. The maximum absolute atomic E-state index is 6.08. The van der Waals surface area contributed by atoms with E-state index in [-0.39, 0.29) is 0 Å². The molecule has 4 rings (SSSR count). The Labute approximate surface area is 191 Å². The second kappa shape index (κ2) is 9.89. The number of hydrogen-bond donors (Lipinski definition) is 2. The van der Waals surface area contributed by atoms with Crippen molar-refractivity contribution in [1.82, 2.24) is 19.9 Å². The van der Waals surface area contributed by atoms with Crippen LogP contribution in [0.25, 0.3) is 22.5 Å². The standard InChI is InChI=1S/C24H21ClN6O/c1-3-10-26-22-21(12-17(14-27-22)16-6-4-9-20(11-16)32-2)23-28-15-29-24(31-23)30-19-8-5-7-18(25)13-19/h3-9,11-15H,1,10H2,2H3,(H,26,27)(H,28,29,30,31). The van der Waals surface area contributed by atoms with Crippen LogP contribution >= 0.6 is 11.6 Å². The summed E-state index contributed by atoms with van der Waals surface area (Å²) in [7, 11) is 1.64. The number of ether oxygens (including phenoxy) is 1. The Balaban J connectivity index is 1.74. The van der Waals surface area contributed by atoms with Crippen molar-refractivity contribution in [3.8, 4) is 28.3 Å². The molecule has 0 radical (unpaired) electrons. The SMILES string of the molecule is C=CCNc1ncc(-c2cccc(OC)c2)cc1-c1ncnc(Nc2cccc(Cl)c2)n1. The second-order valence-electron chi connectivity index (χ2n) is 6.79. The summed E-state index contributed by atoms with van der Waals surface area (Å²) < 4.78 is 5.35. The highest BCUT2D eigenvalue weighted by atomic mass is 35.5. The van der Waals surface area contributed by atoms with Gasteiger partial charge in [-0.2, -0.15) is 4.98 Å². The van der Waals surface area contributed by atoms with Crippen molar-refractivity contribution in [3.63, 3.8) is 0 Å². The van der Waals surface area contributed by atoms with Crippen LogP contribution in [0.5, 0.6) is 5.75 Å². The van der Waals surface area contributed by atoms with Crippen LogP contribution in [0.15, 0.2) is 79.8 Å². The van der Waals surface area contributed by atoms with E-state index in [0.717, 1.165) is 28.1 Å². The normalized spacial score (nSPS) is 10.4. The molecule has 0 fully saturated rings. The molecule has 0 aliphatic rings. The van der Waals surface area contributed by atoms with E-state index in [0.29, 0.717) is 29.2 Å².